The summed E-state index contributed by atoms with van der Waals surface area (Å²) in [7, 11) is 1.53. The van der Waals surface area contributed by atoms with Gasteiger partial charge in [-0.25, -0.2) is 4.79 Å². The summed E-state index contributed by atoms with van der Waals surface area (Å²) in [5.74, 6) is 0.0192. The predicted octanol–water partition coefficient (Wildman–Crippen LogP) is 3.23. The van der Waals surface area contributed by atoms with Gasteiger partial charge in [-0.2, -0.15) is 0 Å². The van der Waals surface area contributed by atoms with Crippen LogP contribution in [-0.4, -0.2) is 24.9 Å². The third kappa shape index (κ3) is 2.75. The van der Waals surface area contributed by atoms with E-state index >= 15 is 0 Å². The van der Waals surface area contributed by atoms with Gasteiger partial charge in [0.2, 0.25) is 11.8 Å². The summed E-state index contributed by atoms with van der Waals surface area (Å²) in [6.07, 6.45) is 5.04. The number of carbonyl (C=O) groups excluding carboxylic acids is 3. The number of methoxy groups -OCH3 is 1. The molecule has 146 valence electrons. The van der Waals surface area contributed by atoms with Crippen molar-refractivity contribution >= 4 is 23.5 Å². The van der Waals surface area contributed by atoms with Crippen LogP contribution in [0.15, 0.2) is 60.7 Å². The van der Waals surface area contributed by atoms with Gasteiger partial charge >= 0.3 is 5.97 Å². The first kappa shape index (κ1) is 17.7. The Morgan fingerprint density at radius 1 is 0.931 bits per heavy atom. The van der Waals surface area contributed by atoms with E-state index in [-0.39, 0.29) is 35.5 Å². The molecule has 1 aliphatic heterocycles. The van der Waals surface area contributed by atoms with Gasteiger partial charge in [-0.1, -0.05) is 18.2 Å². The summed E-state index contributed by atoms with van der Waals surface area (Å²) in [5.41, 5.74) is 0.879. The summed E-state index contributed by atoms with van der Waals surface area (Å²) in [6.45, 7) is 0. The van der Waals surface area contributed by atoms with Gasteiger partial charge in [0.15, 0.2) is 0 Å². The summed E-state index contributed by atoms with van der Waals surface area (Å²) in [5, 5.41) is 0. The molecule has 4 atom stereocenters. The highest BCUT2D eigenvalue weighted by Crippen LogP contribution is 2.53. The summed E-state index contributed by atoms with van der Waals surface area (Å²) < 4.78 is 10.5. The van der Waals surface area contributed by atoms with E-state index < -0.39 is 5.97 Å². The number of rotatable bonds is 4. The van der Waals surface area contributed by atoms with Crippen LogP contribution >= 0.6 is 0 Å². The van der Waals surface area contributed by atoms with Gasteiger partial charge in [0.1, 0.15) is 11.5 Å². The fourth-order valence-corrected chi connectivity index (χ4v) is 4.74. The highest BCUT2D eigenvalue weighted by molar-refractivity contribution is 6.22. The number of anilines is 1. The molecule has 2 fully saturated rings. The van der Waals surface area contributed by atoms with E-state index in [0.29, 0.717) is 22.7 Å². The highest BCUT2D eigenvalue weighted by Gasteiger charge is 2.59. The molecule has 1 heterocycles. The van der Waals surface area contributed by atoms with E-state index in [1.807, 2.05) is 0 Å². The minimum Gasteiger partial charge on any atom is -0.497 e. The molecule has 2 bridgehead atoms. The Balaban J connectivity index is 1.32. The molecule has 2 aromatic carbocycles. The Morgan fingerprint density at radius 2 is 1.59 bits per heavy atom. The Hall–Kier alpha value is -3.41. The fraction of sp³-hybridized carbons (Fsp3) is 0.261. The van der Waals surface area contributed by atoms with Gasteiger partial charge in [0.05, 0.1) is 30.2 Å². The van der Waals surface area contributed by atoms with Gasteiger partial charge in [-0.3, -0.25) is 14.5 Å². The lowest BCUT2D eigenvalue weighted by atomic mass is 9.85. The molecule has 1 saturated carbocycles. The van der Waals surface area contributed by atoms with Crippen molar-refractivity contribution in [3.8, 4) is 11.5 Å². The van der Waals surface area contributed by atoms with E-state index in [0.717, 1.165) is 6.42 Å². The summed E-state index contributed by atoms with van der Waals surface area (Å²) in [4.78, 5) is 39.4. The van der Waals surface area contributed by atoms with E-state index in [1.54, 1.807) is 48.5 Å². The van der Waals surface area contributed by atoms with Crippen LogP contribution in [0.3, 0.4) is 0 Å². The first-order valence-electron chi connectivity index (χ1n) is 9.59. The van der Waals surface area contributed by atoms with Crippen LogP contribution in [0, 0.1) is 23.7 Å². The van der Waals surface area contributed by atoms with Crippen LogP contribution in [0.5, 0.6) is 11.5 Å². The van der Waals surface area contributed by atoms with Crippen molar-refractivity contribution in [1.29, 1.82) is 0 Å². The Bertz CT molecular complexity index is 1010. The van der Waals surface area contributed by atoms with E-state index in [4.69, 9.17) is 9.47 Å². The zero-order valence-electron chi connectivity index (χ0n) is 15.8. The molecule has 1 saturated heterocycles. The molecule has 2 amide bonds. The van der Waals surface area contributed by atoms with Crippen LogP contribution in [0.1, 0.15) is 16.8 Å². The van der Waals surface area contributed by atoms with Gasteiger partial charge in [0, 0.05) is 0 Å². The van der Waals surface area contributed by atoms with Crippen LogP contribution in [0.4, 0.5) is 5.69 Å². The van der Waals surface area contributed by atoms with Crippen molar-refractivity contribution in [3.05, 3.63) is 66.2 Å². The second kappa shape index (κ2) is 6.58. The molecule has 4 unspecified atom stereocenters. The molecule has 6 nitrogen and oxygen atoms in total. The Labute approximate surface area is 167 Å². The van der Waals surface area contributed by atoms with Crippen molar-refractivity contribution in [3.63, 3.8) is 0 Å². The van der Waals surface area contributed by atoms with Gasteiger partial charge in [-0.15, -0.1) is 0 Å². The van der Waals surface area contributed by atoms with E-state index in [1.165, 1.54) is 12.0 Å². The average molecular weight is 389 g/mol. The van der Waals surface area contributed by atoms with Gasteiger partial charge in [-0.05, 0) is 60.7 Å². The normalized spacial score (nSPS) is 26.7. The van der Waals surface area contributed by atoms with Crippen LogP contribution < -0.4 is 14.4 Å². The third-order valence-corrected chi connectivity index (χ3v) is 6.08. The molecule has 0 aromatic heterocycles. The molecular weight excluding hydrogens is 370 g/mol. The zero-order chi connectivity index (χ0) is 20.1. The average Bonchev–Trinajstić information content (AvgIpc) is 3.43. The van der Waals surface area contributed by atoms with E-state index in [9.17, 15) is 14.4 Å². The molecule has 0 N–H and O–H groups in total. The standard InChI is InChI=1S/C23H19NO5/c1-28-18-4-2-3-15(12-18)23(27)29-17-9-7-16(8-10-17)24-21(25)19-13-5-6-14(11-13)20(19)22(24)26/h2-10,12-14,19-20H,11H2,1H3. The first-order valence-corrected chi connectivity index (χ1v) is 9.59. The molecule has 6 heteroatoms. The van der Waals surface area contributed by atoms with Crippen LogP contribution in [-0.2, 0) is 9.59 Å². The first-order chi connectivity index (χ1) is 14.1. The maximum atomic E-state index is 12.9. The van der Waals surface area contributed by atoms with E-state index in [2.05, 4.69) is 12.2 Å². The van der Waals surface area contributed by atoms with Crippen LogP contribution in [0.2, 0.25) is 0 Å². The minimum absolute atomic E-state index is 0.127. The zero-order valence-corrected chi connectivity index (χ0v) is 15.8. The number of hydrogen-bond acceptors (Lipinski definition) is 5. The maximum absolute atomic E-state index is 12.9. The van der Waals surface area contributed by atoms with Crippen molar-refractivity contribution in [1.82, 2.24) is 0 Å². The lowest BCUT2D eigenvalue weighted by Gasteiger charge is -2.17. The molecule has 0 radical (unpaired) electrons. The molecule has 0 spiro atoms. The van der Waals surface area contributed by atoms with Gasteiger partial charge < -0.3 is 9.47 Å². The Morgan fingerprint density at radius 3 is 2.21 bits per heavy atom. The largest absolute Gasteiger partial charge is 0.497 e. The number of imide groups is 1. The SMILES string of the molecule is COc1cccc(C(=O)Oc2ccc(N3C(=O)C4C5C=CC(C5)C4C3=O)cc2)c1. The highest BCUT2D eigenvalue weighted by atomic mass is 16.5. The topological polar surface area (TPSA) is 72.9 Å². The second-order valence-corrected chi connectivity index (χ2v) is 7.63. The number of hydrogen-bond donors (Lipinski definition) is 0. The lowest BCUT2D eigenvalue weighted by molar-refractivity contribution is -0.123. The van der Waals surface area contributed by atoms with Crippen LogP contribution in [0.25, 0.3) is 0 Å². The molecule has 2 aromatic rings. The quantitative estimate of drug-likeness (QED) is 0.347. The van der Waals surface area contributed by atoms with Crippen molar-refractivity contribution < 1.29 is 23.9 Å². The molecule has 29 heavy (non-hydrogen) atoms. The van der Waals surface area contributed by atoms with Crippen molar-refractivity contribution in [2.45, 2.75) is 6.42 Å². The van der Waals surface area contributed by atoms with Gasteiger partial charge in [0.25, 0.3) is 0 Å². The van der Waals surface area contributed by atoms with Crippen molar-refractivity contribution in [2.75, 3.05) is 12.0 Å². The lowest BCUT2D eigenvalue weighted by Crippen LogP contribution is -2.32. The van der Waals surface area contributed by atoms with Crippen molar-refractivity contribution in [2.24, 2.45) is 23.7 Å². The molecule has 2 aliphatic carbocycles. The molecular formula is C23H19NO5. The third-order valence-electron chi connectivity index (χ3n) is 6.08. The number of benzene rings is 2. The summed E-state index contributed by atoms with van der Waals surface area (Å²) in [6, 6.07) is 13.2. The molecule has 5 rings (SSSR count). The second-order valence-electron chi connectivity index (χ2n) is 7.63. The molecule has 3 aliphatic rings. The minimum atomic E-state index is -0.512. The maximum Gasteiger partial charge on any atom is 0.343 e. The monoisotopic (exact) mass is 389 g/mol. The number of fused-ring (bicyclic) bond motifs is 5. The smallest absolute Gasteiger partial charge is 0.343 e. The number of carbonyl (C=O) groups is 3. The number of nitrogens with zero attached hydrogens (tertiary/aromatic N) is 1. The summed E-state index contributed by atoms with van der Waals surface area (Å²) >= 11 is 0. The number of allylic oxidation sites excluding steroid dienone is 2. The fourth-order valence-electron chi connectivity index (χ4n) is 4.74. The Kier molecular flexibility index (Phi) is 4.01. The predicted molar refractivity (Wildman–Crippen MR) is 105 cm³/mol. The number of esters is 1. The number of amides is 2. The number of ether oxygens (including phenoxy) is 2.